The van der Waals surface area contributed by atoms with E-state index in [1.54, 1.807) is 0 Å². The van der Waals surface area contributed by atoms with Crippen molar-refractivity contribution >= 4 is 5.71 Å². The van der Waals surface area contributed by atoms with E-state index in [0.29, 0.717) is 5.71 Å². The van der Waals surface area contributed by atoms with E-state index < -0.39 is 0 Å². The SMILES string of the molecule is O/N=C1\CC2(CCCC2)c2ccc(F)cc21. The molecule has 0 unspecified atom stereocenters. The van der Waals surface area contributed by atoms with Crippen molar-refractivity contribution in [2.75, 3.05) is 0 Å². The summed E-state index contributed by atoms with van der Waals surface area (Å²) in [6.07, 6.45) is 5.46. The molecule has 0 saturated heterocycles. The fraction of sp³-hybridized carbons (Fsp3) is 0.462. The highest BCUT2D eigenvalue weighted by molar-refractivity contribution is 6.05. The molecular formula is C13H14FNO. The van der Waals surface area contributed by atoms with Crippen LogP contribution in [0.4, 0.5) is 4.39 Å². The maximum atomic E-state index is 13.2. The lowest BCUT2D eigenvalue weighted by atomic mass is 9.80. The number of benzene rings is 1. The highest BCUT2D eigenvalue weighted by Gasteiger charge is 2.44. The van der Waals surface area contributed by atoms with Gasteiger partial charge in [0, 0.05) is 17.4 Å². The van der Waals surface area contributed by atoms with Crippen LogP contribution in [0.15, 0.2) is 23.4 Å². The van der Waals surface area contributed by atoms with E-state index in [1.807, 2.05) is 6.07 Å². The van der Waals surface area contributed by atoms with Crippen molar-refractivity contribution in [3.63, 3.8) is 0 Å². The van der Waals surface area contributed by atoms with Crippen LogP contribution >= 0.6 is 0 Å². The second-order valence-corrected chi connectivity index (χ2v) is 4.90. The van der Waals surface area contributed by atoms with Crippen molar-refractivity contribution in [2.45, 2.75) is 37.5 Å². The Hall–Kier alpha value is -1.38. The molecular weight excluding hydrogens is 205 g/mol. The molecule has 0 amide bonds. The summed E-state index contributed by atoms with van der Waals surface area (Å²) in [5, 5.41) is 12.4. The largest absolute Gasteiger partial charge is 0.411 e. The third-order valence-corrected chi connectivity index (χ3v) is 4.05. The van der Waals surface area contributed by atoms with Gasteiger partial charge in [0.2, 0.25) is 0 Å². The van der Waals surface area contributed by atoms with E-state index in [1.165, 1.54) is 30.5 Å². The zero-order valence-corrected chi connectivity index (χ0v) is 9.04. The maximum absolute atomic E-state index is 13.2. The topological polar surface area (TPSA) is 32.6 Å². The first-order valence-corrected chi connectivity index (χ1v) is 5.76. The zero-order chi connectivity index (χ0) is 11.2. The molecule has 3 heteroatoms. The van der Waals surface area contributed by atoms with Crippen LogP contribution in [0.1, 0.15) is 43.2 Å². The number of hydrogen-bond acceptors (Lipinski definition) is 2. The summed E-state index contributed by atoms with van der Waals surface area (Å²) in [7, 11) is 0. The van der Waals surface area contributed by atoms with E-state index in [9.17, 15) is 4.39 Å². The van der Waals surface area contributed by atoms with Crippen LogP contribution in [-0.2, 0) is 5.41 Å². The fourth-order valence-electron chi connectivity index (χ4n) is 3.32. The molecule has 1 fully saturated rings. The molecule has 0 atom stereocenters. The van der Waals surface area contributed by atoms with Gasteiger partial charge in [-0.2, -0.15) is 0 Å². The summed E-state index contributed by atoms with van der Waals surface area (Å²) in [5.74, 6) is -0.255. The smallest absolute Gasteiger partial charge is 0.123 e. The highest BCUT2D eigenvalue weighted by Crippen LogP contribution is 2.50. The second-order valence-electron chi connectivity index (χ2n) is 4.90. The first kappa shape index (κ1) is 9.82. The van der Waals surface area contributed by atoms with Crippen LogP contribution in [-0.4, -0.2) is 10.9 Å². The summed E-state index contributed by atoms with van der Waals surface area (Å²) < 4.78 is 13.2. The third-order valence-electron chi connectivity index (χ3n) is 4.05. The molecule has 3 rings (SSSR count). The number of fused-ring (bicyclic) bond motifs is 2. The van der Waals surface area contributed by atoms with E-state index in [2.05, 4.69) is 5.16 Å². The molecule has 2 aliphatic carbocycles. The normalized spacial score (nSPS) is 24.2. The Balaban J connectivity index is 2.18. The van der Waals surface area contributed by atoms with Crippen LogP contribution in [0.2, 0.25) is 0 Å². The number of hydrogen-bond donors (Lipinski definition) is 1. The first-order valence-electron chi connectivity index (χ1n) is 5.76. The molecule has 1 spiro atoms. The van der Waals surface area contributed by atoms with Crippen molar-refractivity contribution in [3.05, 3.63) is 35.1 Å². The molecule has 0 heterocycles. The molecule has 2 aliphatic rings. The summed E-state index contributed by atoms with van der Waals surface area (Å²) in [6.45, 7) is 0. The number of nitrogens with zero attached hydrogens (tertiary/aromatic N) is 1. The molecule has 84 valence electrons. The predicted octanol–water partition coefficient (Wildman–Crippen LogP) is 3.22. The van der Waals surface area contributed by atoms with Crippen LogP contribution in [0.3, 0.4) is 0 Å². The van der Waals surface area contributed by atoms with Gasteiger partial charge in [-0.15, -0.1) is 0 Å². The first-order chi connectivity index (χ1) is 7.75. The molecule has 1 aromatic rings. The van der Waals surface area contributed by atoms with Gasteiger partial charge in [-0.25, -0.2) is 4.39 Å². The van der Waals surface area contributed by atoms with Crippen LogP contribution in [0.25, 0.3) is 0 Å². The van der Waals surface area contributed by atoms with Gasteiger partial charge in [-0.3, -0.25) is 0 Å². The van der Waals surface area contributed by atoms with Gasteiger partial charge >= 0.3 is 0 Å². The maximum Gasteiger partial charge on any atom is 0.123 e. The Kier molecular flexibility index (Phi) is 2.03. The van der Waals surface area contributed by atoms with Crippen LogP contribution in [0.5, 0.6) is 0 Å². The minimum absolute atomic E-state index is 0.130. The molecule has 2 nitrogen and oxygen atoms in total. The summed E-state index contributed by atoms with van der Waals surface area (Å²) in [6, 6.07) is 4.88. The van der Waals surface area contributed by atoms with Crippen molar-refractivity contribution in [1.29, 1.82) is 0 Å². The third kappa shape index (κ3) is 1.20. The average Bonchev–Trinajstić information content (AvgIpc) is 2.86. The summed E-state index contributed by atoms with van der Waals surface area (Å²) in [4.78, 5) is 0. The lowest BCUT2D eigenvalue weighted by molar-refractivity contribution is 0.316. The molecule has 1 saturated carbocycles. The van der Waals surface area contributed by atoms with Gasteiger partial charge < -0.3 is 5.21 Å². The van der Waals surface area contributed by atoms with E-state index in [0.717, 1.165) is 24.8 Å². The van der Waals surface area contributed by atoms with Crippen molar-refractivity contribution < 1.29 is 9.60 Å². The lowest BCUT2D eigenvalue weighted by Gasteiger charge is -2.23. The number of halogens is 1. The Morgan fingerprint density at radius 3 is 2.69 bits per heavy atom. The molecule has 16 heavy (non-hydrogen) atoms. The highest BCUT2D eigenvalue weighted by atomic mass is 19.1. The minimum atomic E-state index is -0.255. The molecule has 1 aromatic carbocycles. The average molecular weight is 219 g/mol. The predicted molar refractivity (Wildman–Crippen MR) is 59.5 cm³/mol. The van der Waals surface area contributed by atoms with Crippen molar-refractivity contribution in [1.82, 2.24) is 0 Å². The van der Waals surface area contributed by atoms with Crippen molar-refractivity contribution in [2.24, 2.45) is 5.16 Å². The Morgan fingerprint density at radius 2 is 2.00 bits per heavy atom. The summed E-state index contributed by atoms with van der Waals surface area (Å²) >= 11 is 0. The van der Waals surface area contributed by atoms with Gasteiger partial charge in [0.05, 0.1) is 5.71 Å². The Labute approximate surface area is 93.8 Å². The van der Waals surface area contributed by atoms with Crippen LogP contribution in [0, 0.1) is 5.82 Å². The van der Waals surface area contributed by atoms with E-state index in [4.69, 9.17) is 5.21 Å². The fourth-order valence-corrected chi connectivity index (χ4v) is 3.32. The van der Waals surface area contributed by atoms with Gasteiger partial charge in [0.1, 0.15) is 5.82 Å². The zero-order valence-electron chi connectivity index (χ0n) is 9.04. The second kappa shape index (κ2) is 3.30. The Bertz CT molecular complexity index is 461. The molecule has 0 aliphatic heterocycles. The lowest BCUT2D eigenvalue weighted by Crippen LogP contribution is -2.18. The van der Waals surface area contributed by atoms with Gasteiger partial charge in [0.15, 0.2) is 0 Å². The number of rotatable bonds is 0. The summed E-state index contributed by atoms with van der Waals surface area (Å²) in [5.41, 5.74) is 2.77. The van der Waals surface area contributed by atoms with Gasteiger partial charge in [-0.1, -0.05) is 24.1 Å². The quantitative estimate of drug-likeness (QED) is 0.527. The van der Waals surface area contributed by atoms with Crippen molar-refractivity contribution in [3.8, 4) is 0 Å². The van der Waals surface area contributed by atoms with E-state index in [-0.39, 0.29) is 11.2 Å². The molecule has 1 N–H and O–H groups in total. The standard InChI is InChI=1S/C13H14FNO/c14-9-3-4-11-10(7-9)12(15-16)8-13(11)5-1-2-6-13/h3-4,7,16H,1-2,5-6,8H2/b15-12+. The number of oxime groups is 1. The van der Waals surface area contributed by atoms with E-state index >= 15 is 0 Å². The molecule has 0 bridgehead atoms. The van der Waals surface area contributed by atoms with Gasteiger partial charge in [-0.05, 0) is 30.5 Å². The van der Waals surface area contributed by atoms with Gasteiger partial charge in [0.25, 0.3) is 0 Å². The monoisotopic (exact) mass is 219 g/mol. The molecule has 0 aromatic heterocycles. The Morgan fingerprint density at radius 1 is 1.25 bits per heavy atom. The van der Waals surface area contributed by atoms with Crippen LogP contribution < -0.4 is 0 Å². The molecule has 0 radical (unpaired) electrons. The minimum Gasteiger partial charge on any atom is -0.411 e.